The first-order chi connectivity index (χ1) is 6.79. The van der Waals surface area contributed by atoms with Crippen molar-refractivity contribution < 1.29 is 9.84 Å². The van der Waals surface area contributed by atoms with Gasteiger partial charge < -0.3 is 9.84 Å². The number of rotatable bonds is 4. The van der Waals surface area contributed by atoms with Crippen molar-refractivity contribution in [3.8, 4) is 11.8 Å². The monoisotopic (exact) mass is 211 g/mol. The van der Waals surface area contributed by atoms with Crippen LogP contribution in [0.15, 0.2) is 18.2 Å². The fraction of sp³-hybridized carbons (Fsp3) is 0.300. The molecule has 14 heavy (non-hydrogen) atoms. The summed E-state index contributed by atoms with van der Waals surface area (Å²) < 4.78 is 5.28. The summed E-state index contributed by atoms with van der Waals surface area (Å²) in [7, 11) is 0. The standard InChI is InChI=1S/C10H10ClNO2/c11-9-4-1-3-8(7-12)10(9)14-6-2-5-13/h1,3-4,13H,2,5-6H2. The molecule has 1 N–H and O–H groups in total. The molecule has 74 valence electrons. The summed E-state index contributed by atoms with van der Waals surface area (Å²) in [6.45, 7) is 0.418. The molecule has 4 heteroatoms. The molecule has 0 aliphatic rings. The SMILES string of the molecule is N#Cc1cccc(Cl)c1OCCCO. The zero-order valence-corrected chi connectivity index (χ0v) is 8.29. The van der Waals surface area contributed by atoms with Gasteiger partial charge in [-0.15, -0.1) is 0 Å². The van der Waals surface area contributed by atoms with E-state index in [9.17, 15) is 0 Å². The van der Waals surface area contributed by atoms with Crippen molar-refractivity contribution in [2.24, 2.45) is 0 Å². The van der Waals surface area contributed by atoms with Gasteiger partial charge in [-0.2, -0.15) is 5.26 Å². The quantitative estimate of drug-likeness (QED) is 0.775. The molecule has 0 fully saturated rings. The average molecular weight is 212 g/mol. The van der Waals surface area contributed by atoms with Gasteiger partial charge in [-0.05, 0) is 12.1 Å². The van der Waals surface area contributed by atoms with Crippen LogP contribution in [0.5, 0.6) is 5.75 Å². The third-order valence-corrected chi connectivity index (χ3v) is 1.93. The highest BCUT2D eigenvalue weighted by atomic mass is 35.5. The fourth-order valence-corrected chi connectivity index (χ4v) is 1.21. The van der Waals surface area contributed by atoms with Crippen LogP contribution in [0, 0.1) is 11.3 Å². The summed E-state index contributed by atoms with van der Waals surface area (Å²) in [6.07, 6.45) is 0.524. The second-order valence-electron chi connectivity index (χ2n) is 2.65. The Morgan fingerprint density at radius 1 is 1.50 bits per heavy atom. The van der Waals surface area contributed by atoms with Crippen LogP contribution < -0.4 is 4.74 Å². The van der Waals surface area contributed by atoms with Crippen molar-refractivity contribution in [1.29, 1.82) is 5.26 Å². The van der Waals surface area contributed by atoms with Gasteiger partial charge >= 0.3 is 0 Å². The Hall–Kier alpha value is -1.24. The minimum absolute atomic E-state index is 0.0618. The summed E-state index contributed by atoms with van der Waals surface area (Å²) in [4.78, 5) is 0. The number of halogens is 1. The number of nitriles is 1. The Kier molecular flexibility index (Phi) is 4.24. The van der Waals surface area contributed by atoms with E-state index < -0.39 is 0 Å². The van der Waals surface area contributed by atoms with E-state index in [2.05, 4.69) is 0 Å². The zero-order chi connectivity index (χ0) is 10.4. The van der Waals surface area contributed by atoms with E-state index in [1.807, 2.05) is 6.07 Å². The van der Waals surface area contributed by atoms with Crippen LogP contribution in [-0.2, 0) is 0 Å². The molecule has 0 aliphatic carbocycles. The molecule has 0 spiro atoms. The molecular formula is C10H10ClNO2. The van der Waals surface area contributed by atoms with Crippen LogP contribution in [0.25, 0.3) is 0 Å². The van der Waals surface area contributed by atoms with Crippen LogP contribution in [0.4, 0.5) is 0 Å². The van der Waals surface area contributed by atoms with Crippen molar-refractivity contribution in [3.63, 3.8) is 0 Å². The zero-order valence-electron chi connectivity index (χ0n) is 7.53. The molecule has 0 saturated heterocycles. The first kappa shape index (κ1) is 10.8. The molecule has 1 rings (SSSR count). The van der Waals surface area contributed by atoms with Gasteiger partial charge in [-0.1, -0.05) is 17.7 Å². The third-order valence-electron chi connectivity index (χ3n) is 1.64. The lowest BCUT2D eigenvalue weighted by molar-refractivity contribution is 0.233. The molecule has 1 aromatic carbocycles. The molecule has 1 aromatic rings. The minimum atomic E-state index is 0.0618. The number of nitrogens with zero attached hydrogens (tertiary/aromatic N) is 1. The van der Waals surface area contributed by atoms with Crippen molar-refractivity contribution in [1.82, 2.24) is 0 Å². The van der Waals surface area contributed by atoms with E-state index in [1.54, 1.807) is 18.2 Å². The molecular weight excluding hydrogens is 202 g/mol. The number of hydrogen-bond donors (Lipinski definition) is 1. The molecule has 0 amide bonds. The van der Waals surface area contributed by atoms with E-state index in [-0.39, 0.29) is 6.61 Å². The summed E-state index contributed by atoms with van der Waals surface area (Å²) in [5, 5.41) is 17.7. The average Bonchev–Trinajstić information content (AvgIpc) is 2.20. The Balaban J connectivity index is 2.78. The number of aliphatic hydroxyl groups excluding tert-OH is 1. The molecule has 0 aromatic heterocycles. The van der Waals surface area contributed by atoms with Gasteiger partial charge in [0.25, 0.3) is 0 Å². The largest absolute Gasteiger partial charge is 0.491 e. The van der Waals surface area contributed by atoms with Gasteiger partial charge in [0, 0.05) is 13.0 Å². The fourth-order valence-electron chi connectivity index (χ4n) is 0.982. The Morgan fingerprint density at radius 3 is 2.93 bits per heavy atom. The van der Waals surface area contributed by atoms with Crippen molar-refractivity contribution >= 4 is 11.6 Å². The summed E-state index contributed by atoms with van der Waals surface area (Å²) in [5.41, 5.74) is 0.412. The van der Waals surface area contributed by atoms with E-state index in [0.717, 1.165) is 0 Å². The van der Waals surface area contributed by atoms with Crippen LogP contribution in [0.1, 0.15) is 12.0 Å². The number of aliphatic hydroxyl groups is 1. The van der Waals surface area contributed by atoms with E-state index in [0.29, 0.717) is 29.4 Å². The molecule has 0 bridgehead atoms. The lowest BCUT2D eigenvalue weighted by Gasteiger charge is -2.08. The maximum Gasteiger partial charge on any atom is 0.155 e. The molecule has 0 aliphatic heterocycles. The number of ether oxygens (including phenoxy) is 1. The predicted octanol–water partition coefficient (Wildman–Crippen LogP) is 1.97. The van der Waals surface area contributed by atoms with Crippen molar-refractivity contribution in [2.75, 3.05) is 13.2 Å². The molecule has 0 radical (unpaired) electrons. The van der Waals surface area contributed by atoms with Gasteiger partial charge in [-0.3, -0.25) is 0 Å². The van der Waals surface area contributed by atoms with Gasteiger partial charge in [0.15, 0.2) is 5.75 Å². The summed E-state index contributed by atoms with van der Waals surface area (Å²) in [6, 6.07) is 6.99. The van der Waals surface area contributed by atoms with Gasteiger partial charge in [0.05, 0.1) is 17.2 Å². The van der Waals surface area contributed by atoms with Gasteiger partial charge in [-0.25, -0.2) is 0 Å². The van der Waals surface area contributed by atoms with E-state index >= 15 is 0 Å². The molecule has 0 atom stereocenters. The highest BCUT2D eigenvalue weighted by molar-refractivity contribution is 6.32. The Bertz CT molecular complexity index is 346. The third kappa shape index (κ3) is 2.63. The molecule has 0 saturated carbocycles. The number of para-hydroxylation sites is 1. The van der Waals surface area contributed by atoms with E-state index in [1.165, 1.54) is 0 Å². The first-order valence-electron chi connectivity index (χ1n) is 4.22. The maximum absolute atomic E-state index is 8.76. The smallest absolute Gasteiger partial charge is 0.155 e. The highest BCUT2D eigenvalue weighted by Gasteiger charge is 2.06. The molecule has 0 unspecified atom stereocenters. The minimum Gasteiger partial charge on any atom is -0.491 e. The van der Waals surface area contributed by atoms with Crippen molar-refractivity contribution in [3.05, 3.63) is 28.8 Å². The van der Waals surface area contributed by atoms with Crippen LogP contribution in [0.3, 0.4) is 0 Å². The number of hydrogen-bond acceptors (Lipinski definition) is 3. The topological polar surface area (TPSA) is 53.2 Å². The first-order valence-corrected chi connectivity index (χ1v) is 4.59. The lowest BCUT2D eigenvalue weighted by atomic mass is 10.2. The van der Waals surface area contributed by atoms with Crippen LogP contribution in [-0.4, -0.2) is 18.3 Å². The second kappa shape index (κ2) is 5.48. The van der Waals surface area contributed by atoms with Gasteiger partial charge in [0.1, 0.15) is 6.07 Å². The Morgan fingerprint density at radius 2 is 2.29 bits per heavy atom. The normalized spacial score (nSPS) is 9.50. The van der Waals surface area contributed by atoms with Crippen LogP contribution >= 0.6 is 11.6 Å². The number of benzene rings is 1. The van der Waals surface area contributed by atoms with Gasteiger partial charge in [0.2, 0.25) is 0 Å². The summed E-state index contributed by atoms with van der Waals surface area (Å²) >= 11 is 5.85. The Labute approximate surface area is 87.5 Å². The summed E-state index contributed by atoms with van der Waals surface area (Å²) in [5.74, 6) is 0.394. The molecule has 0 heterocycles. The predicted molar refractivity (Wildman–Crippen MR) is 53.4 cm³/mol. The van der Waals surface area contributed by atoms with Crippen LogP contribution in [0.2, 0.25) is 5.02 Å². The second-order valence-corrected chi connectivity index (χ2v) is 3.06. The lowest BCUT2D eigenvalue weighted by Crippen LogP contribution is -2.01. The van der Waals surface area contributed by atoms with Crippen molar-refractivity contribution in [2.45, 2.75) is 6.42 Å². The van der Waals surface area contributed by atoms with E-state index in [4.69, 9.17) is 26.7 Å². The highest BCUT2D eigenvalue weighted by Crippen LogP contribution is 2.27. The maximum atomic E-state index is 8.76. The molecule has 3 nitrogen and oxygen atoms in total.